The molecule has 6 heteroatoms. The van der Waals surface area contributed by atoms with Gasteiger partial charge in [-0.1, -0.05) is 0 Å². The molecule has 0 aromatic rings. The zero-order valence-electron chi connectivity index (χ0n) is 8.86. The number of amides is 1. The van der Waals surface area contributed by atoms with E-state index < -0.39 is 18.1 Å². The summed E-state index contributed by atoms with van der Waals surface area (Å²) < 4.78 is 4.64. The molecule has 0 heterocycles. The van der Waals surface area contributed by atoms with Crippen LogP contribution < -0.4 is 11.1 Å². The van der Waals surface area contributed by atoms with E-state index in [1.54, 1.807) is 6.92 Å². The van der Waals surface area contributed by atoms with Crippen LogP contribution in [0.1, 0.15) is 26.2 Å². The van der Waals surface area contributed by atoms with Crippen molar-refractivity contribution in [3.05, 3.63) is 0 Å². The number of carboxylic acid groups (broad SMARTS) is 1. The fourth-order valence-corrected chi connectivity index (χ4v) is 0.985. The highest BCUT2D eigenvalue weighted by Crippen LogP contribution is 1.98. The van der Waals surface area contributed by atoms with E-state index in [2.05, 4.69) is 10.1 Å². The third-order valence-corrected chi connectivity index (χ3v) is 1.80. The van der Waals surface area contributed by atoms with E-state index in [9.17, 15) is 9.59 Å². The quantitative estimate of drug-likeness (QED) is 0.534. The van der Waals surface area contributed by atoms with Crippen molar-refractivity contribution in [1.29, 1.82) is 0 Å². The van der Waals surface area contributed by atoms with E-state index in [4.69, 9.17) is 10.8 Å². The largest absolute Gasteiger partial charge is 0.480 e. The number of rotatable bonds is 7. The molecule has 15 heavy (non-hydrogen) atoms. The lowest BCUT2D eigenvalue weighted by Crippen LogP contribution is -2.30. The molecular formula is C9H18N2O4. The maximum Gasteiger partial charge on any atom is 0.407 e. The number of hydrogen-bond acceptors (Lipinski definition) is 4. The summed E-state index contributed by atoms with van der Waals surface area (Å²) in [5.41, 5.74) is 5.29. The summed E-state index contributed by atoms with van der Waals surface area (Å²) >= 11 is 0. The molecule has 0 rings (SSSR count). The molecule has 0 aliphatic rings. The minimum absolute atomic E-state index is 0.343. The molecule has 0 fully saturated rings. The van der Waals surface area contributed by atoms with Gasteiger partial charge in [-0.3, -0.25) is 4.79 Å². The van der Waals surface area contributed by atoms with Crippen LogP contribution in [0.4, 0.5) is 4.79 Å². The van der Waals surface area contributed by atoms with Gasteiger partial charge in [-0.15, -0.1) is 0 Å². The topological polar surface area (TPSA) is 102 Å². The van der Waals surface area contributed by atoms with Crippen LogP contribution in [0.5, 0.6) is 0 Å². The monoisotopic (exact) mass is 218 g/mol. The Balaban J connectivity index is 3.32. The molecule has 88 valence electrons. The van der Waals surface area contributed by atoms with E-state index >= 15 is 0 Å². The van der Waals surface area contributed by atoms with Crippen LogP contribution in [0, 0.1) is 0 Å². The summed E-state index contributed by atoms with van der Waals surface area (Å²) in [5, 5.41) is 11.0. The van der Waals surface area contributed by atoms with Gasteiger partial charge in [0.25, 0.3) is 0 Å². The molecule has 0 radical (unpaired) electrons. The van der Waals surface area contributed by atoms with Gasteiger partial charge in [0.1, 0.15) is 6.04 Å². The van der Waals surface area contributed by atoms with E-state index in [1.807, 2.05) is 0 Å². The first kappa shape index (κ1) is 13.7. The number of alkyl carbamates (subject to hydrolysis) is 1. The van der Waals surface area contributed by atoms with Crippen molar-refractivity contribution in [2.45, 2.75) is 32.2 Å². The van der Waals surface area contributed by atoms with Gasteiger partial charge in [-0.05, 0) is 26.2 Å². The third kappa shape index (κ3) is 7.75. The summed E-state index contributed by atoms with van der Waals surface area (Å²) in [6.45, 7) is 2.55. The summed E-state index contributed by atoms with van der Waals surface area (Å²) in [5.74, 6) is -0.992. The van der Waals surface area contributed by atoms with E-state index in [1.165, 1.54) is 0 Å². The summed E-state index contributed by atoms with van der Waals surface area (Å²) in [4.78, 5) is 21.1. The van der Waals surface area contributed by atoms with Crippen LogP contribution in [0.15, 0.2) is 0 Å². The minimum Gasteiger partial charge on any atom is -0.480 e. The minimum atomic E-state index is -0.992. The first-order valence-corrected chi connectivity index (χ1v) is 4.97. The molecule has 0 aromatic heterocycles. The first-order valence-electron chi connectivity index (χ1n) is 4.97. The number of unbranched alkanes of at least 4 members (excludes halogenated alkanes) is 1. The number of ether oxygens (including phenoxy) is 1. The van der Waals surface area contributed by atoms with E-state index in [-0.39, 0.29) is 0 Å². The Morgan fingerprint density at radius 1 is 1.47 bits per heavy atom. The van der Waals surface area contributed by atoms with Crippen molar-refractivity contribution in [3.8, 4) is 0 Å². The molecule has 6 nitrogen and oxygen atoms in total. The van der Waals surface area contributed by atoms with Crippen LogP contribution >= 0.6 is 0 Å². The highest BCUT2D eigenvalue weighted by molar-refractivity contribution is 5.72. The lowest BCUT2D eigenvalue weighted by atomic mass is 10.1. The second-order valence-corrected chi connectivity index (χ2v) is 3.09. The zero-order chi connectivity index (χ0) is 11.7. The van der Waals surface area contributed by atoms with Gasteiger partial charge in [0, 0.05) is 6.54 Å². The molecule has 0 saturated carbocycles. The molecule has 0 aliphatic heterocycles. The smallest absolute Gasteiger partial charge is 0.407 e. The highest BCUT2D eigenvalue weighted by atomic mass is 16.5. The third-order valence-electron chi connectivity index (χ3n) is 1.80. The summed E-state index contributed by atoms with van der Waals surface area (Å²) in [6, 6.07) is -0.812. The van der Waals surface area contributed by atoms with Crippen molar-refractivity contribution in [2.75, 3.05) is 13.2 Å². The van der Waals surface area contributed by atoms with Crippen molar-refractivity contribution in [1.82, 2.24) is 5.32 Å². The maximum absolute atomic E-state index is 10.8. The van der Waals surface area contributed by atoms with Gasteiger partial charge in [0.05, 0.1) is 6.61 Å². The number of nitrogens with two attached hydrogens (primary N) is 1. The van der Waals surface area contributed by atoms with Gasteiger partial charge < -0.3 is 20.9 Å². The molecule has 4 N–H and O–H groups in total. The number of nitrogens with one attached hydrogen (secondary N) is 1. The van der Waals surface area contributed by atoms with Crippen LogP contribution in [0.3, 0.4) is 0 Å². The first-order chi connectivity index (χ1) is 7.07. The van der Waals surface area contributed by atoms with E-state index in [0.717, 1.165) is 0 Å². The van der Waals surface area contributed by atoms with Crippen LogP contribution in [-0.2, 0) is 9.53 Å². The molecule has 0 aliphatic carbocycles. The number of carbonyl (C=O) groups is 2. The lowest BCUT2D eigenvalue weighted by molar-refractivity contribution is -0.138. The van der Waals surface area contributed by atoms with Gasteiger partial charge in [0.15, 0.2) is 0 Å². The number of hydrogen-bond donors (Lipinski definition) is 3. The SMILES string of the molecule is CCOC(=O)NCCCC[C@@H](N)C(=O)O. The van der Waals surface area contributed by atoms with Gasteiger partial charge in [0.2, 0.25) is 0 Å². The predicted molar refractivity (Wildman–Crippen MR) is 54.5 cm³/mol. The molecule has 0 bridgehead atoms. The van der Waals surface area contributed by atoms with Gasteiger partial charge in [-0.2, -0.15) is 0 Å². The average Bonchev–Trinajstić information content (AvgIpc) is 2.17. The molecule has 0 saturated heterocycles. The van der Waals surface area contributed by atoms with Gasteiger partial charge in [-0.25, -0.2) is 4.79 Å². The summed E-state index contributed by atoms with van der Waals surface area (Å²) in [7, 11) is 0. The standard InChI is InChI=1S/C9H18N2O4/c1-2-15-9(14)11-6-4-3-5-7(10)8(12)13/h7H,2-6,10H2,1H3,(H,11,14)(H,12,13)/t7-/m1/s1. The maximum atomic E-state index is 10.8. The van der Waals surface area contributed by atoms with Crippen molar-refractivity contribution < 1.29 is 19.4 Å². The van der Waals surface area contributed by atoms with Crippen LogP contribution in [-0.4, -0.2) is 36.4 Å². The Morgan fingerprint density at radius 2 is 2.13 bits per heavy atom. The van der Waals surface area contributed by atoms with Crippen molar-refractivity contribution >= 4 is 12.1 Å². The Morgan fingerprint density at radius 3 is 2.67 bits per heavy atom. The zero-order valence-corrected chi connectivity index (χ0v) is 8.86. The fourth-order valence-electron chi connectivity index (χ4n) is 0.985. The fraction of sp³-hybridized carbons (Fsp3) is 0.778. The Bertz CT molecular complexity index is 208. The second kappa shape index (κ2) is 8.05. The second-order valence-electron chi connectivity index (χ2n) is 3.09. The Labute approximate surface area is 88.8 Å². The molecular weight excluding hydrogens is 200 g/mol. The van der Waals surface area contributed by atoms with Crippen molar-refractivity contribution in [2.24, 2.45) is 5.73 Å². The highest BCUT2D eigenvalue weighted by Gasteiger charge is 2.10. The number of aliphatic carboxylic acids is 1. The average molecular weight is 218 g/mol. The van der Waals surface area contributed by atoms with Crippen LogP contribution in [0.25, 0.3) is 0 Å². The molecule has 0 aromatic carbocycles. The lowest BCUT2D eigenvalue weighted by Gasteiger charge is -2.06. The Kier molecular flexibility index (Phi) is 7.35. The molecule has 0 unspecified atom stereocenters. The van der Waals surface area contributed by atoms with Gasteiger partial charge >= 0.3 is 12.1 Å². The molecule has 1 amide bonds. The van der Waals surface area contributed by atoms with E-state index in [0.29, 0.717) is 32.4 Å². The normalized spacial score (nSPS) is 11.9. The number of carboxylic acids is 1. The number of carbonyl (C=O) groups excluding carboxylic acids is 1. The predicted octanol–water partition coefficient (Wildman–Crippen LogP) is 0.315. The summed E-state index contributed by atoms with van der Waals surface area (Å²) in [6.07, 6.45) is 1.33. The molecule has 1 atom stereocenters. The Hall–Kier alpha value is -1.30. The van der Waals surface area contributed by atoms with Crippen molar-refractivity contribution in [3.63, 3.8) is 0 Å². The molecule has 0 spiro atoms. The van der Waals surface area contributed by atoms with Crippen LogP contribution in [0.2, 0.25) is 0 Å².